The third-order valence-electron chi connectivity index (χ3n) is 3.92. The summed E-state index contributed by atoms with van der Waals surface area (Å²) >= 11 is 0. The highest BCUT2D eigenvalue weighted by Crippen LogP contribution is 2.29. The molecular formula is C14H30N2. The molecule has 0 aromatic carbocycles. The normalized spacial score (nSPS) is 32.4. The van der Waals surface area contributed by atoms with Gasteiger partial charge in [0.05, 0.1) is 0 Å². The van der Waals surface area contributed by atoms with E-state index in [-0.39, 0.29) is 0 Å². The zero-order valence-corrected chi connectivity index (χ0v) is 11.9. The first-order chi connectivity index (χ1) is 7.45. The summed E-state index contributed by atoms with van der Waals surface area (Å²) in [5.41, 5.74) is 0. The van der Waals surface area contributed by atoms with E-state index in [9.17, 15) is 0 Å². The smallest absolute Gasteiger partial charge is 0.0136 e. The van der Waals surface area contributed by atoms with E-state index in [2.05, 4.69) is 52.2 Å². The molecule has 0 aromatic heterocycles. The van der Waals surface area contributed by atoms with Gasteiger partial charge in [-0.15, -0.1) is 0 Å². The highest BCUT2D eigenvalue weighted by molar-refractivity contribution is 4.93. The monoisotopic (exact) mass is 226 g/mol. The lowest BCUT2D eigenvalue weighted by atomic mass is 9.74. The number of hydrogen-bond acceptors (Lipinski definition) is 2. The molecule has 2 atom stereocenters. The molecule has 1 heterocycles. The van der Waals surface area contributed by atoms with E-state index in [0.29, 0.717) is 23.9 Å². The Balaban J connectivity index is 2.89. The molecule has 16 heavy (non-hydrogen) atoms. The Morgan fingerprint density at radius 3 is 1.31 bits per heavy atom. The topological polar surface area (TPSA) is 24.1 Å². The van der Waals surface area contributed by atoms with Crippen molar-refractivity contribution in [1.82, 2.24) is 10.6 Å². The van der Waals surface area contributed by atoms with Crippen LogP contribution in [0.5, 0.6) is 0 Å². The molecule has 0 spiro atoms. The van der Waals surface area contributed by atoms with Crippen LogP contribution >= 0.6 is 0 Å². The van der Waals surface area contributed by atoms with Gasteiger partial charge in [-0.1, -0.05) is 41.5 Å². The van der Waals surface area contributed by atoms with Crippen molar-refractivity contribution in [2.24, 2.45) is 23.7 Å². The molecule has 0 bridgehead atoms. The Morgan fingerprint density at radius 2 is 1.06 bits per heavy atom. The lowest BCUT2D eigenvalue weighted by Crippen LogP contribution is -2.49. The first-order valence-electron chi connectivity index (χ1n) is 6.92. The molecular weight excluding hydrogens is 196 g/mol. The molecule has 0 saturated carbocycles. The van der Waals surface area contributed by atoms with Gasteiger partial charge < -0.3 is 10.6 Å². The van der Waals surface area contributed by atoms with Gasteiger partial charge in [-0.2, -0.15) is 0 Å². The molecule has 1 rings (SSSR count). The summed E-state index contributed by atoms with van der Waals surface area (Å²) < 4.78 is 0. The second-order valence-corrected chi connectivity index (χ2v) is 6.27. The summed E-state index contributed by atoms with van der Waals surface area (Å²) in [7, 11) is 0. The highest BCUT2D eigenvalue weighted by atomic mass is 15.0. The van der Waals surface area contributed by atoms with Gasteiger partial charge in [0, 0.05) is 25.2 Å². The summed E-state index contributed by atoms with van der Waals surface area (Å²) in [6.45, 7) is 16.3. The van der Waals surface area contributed by atoms with Gasteiger partial charge in [-0.25, -0.2) is 0 Å². The zero-order chi connectivity index (χ0) is 12.3. The first kappa shape index (κ1) is 14.0. The van der Waals surface area contributed by atoms with E-state index in [1.54, 1.807) is 0 Å². The standard InChI is InChI=1S/C14H30N2/c1-9(2)12-13(10(3)4)15-7-8-16-14(12)11(5)6/h9-16H,7-8H2,1-6H3. The SMILES string of the molecule is CC(C)C1NCCNC(C(C)C)C1C(C)C. The number of nitrogens with one attached hydrogen (secondary N) is 2. The minimum atomic E-state index is 0.655. The quantitative estimate of drug-likeness (QED) is 0.772. The Hall–Kier alpha value is -0.0800. The lowest BCUT2D eigenvalue weighted by Gasteiger charge is -2.39. The van der Waals surface area contributed by atoms with Crippen molar-refractivity contribution in [3.8, 4) is 0 Å². The fourth-order valence-corrected chi connectivity index (χ4v) is 3.16. The Labute approximate surface area is 102 Å². The molecule has 2 unspecified atom stereocenters. The summed E-state index contributed by atoms with van der Waals surface area (Å²) in [5, 5.41) is 7.47. The molecule has 0 aliphatic carbocycles. The minimum absolute atomic E-state index is 0.655. The van der Waals surface area contributed by atoms with E-state index >= 15 is 0 Å². The van der Waals surface area contributed by atoms with Gasteiger partial charge in [-0.05, 0) is 23.7 Å². The predicted molar refractivity (Wildman–Crippen MR) is 71.6 cm³/mol. The maximum atomic E-state index is 3.73. The van der Waals surface area contributed by atoms with Crippen LogP contribution in [0.3, 0.4) is 0 Å². The van der Waals surface area contributed by atoms with Crippen LogP contribution in [0.25, 0.3) is 0 Å². The summed E-state index contributed by atoms with van der Waals surface area (Å²) in [4.78, 5) is 0. The van der Waals surface area contributed by atoms with Crippen LogP contribution < -0.4 is 10.6 Å². The molecule has 1 aliphatic rings. The van der Waals surface area contributed by atoms with Gasteiger partial charge in [-0.3, -0.25) is 0 Å². The molecule has 1 fully saturated rings. The molecule has 2 nitrogen and oxygen atoms in total. The van der Waals surface area contributed by atoms with Crippen LogP contribution in [0.15, 0.2) is 0 Å². The maximum Gasteiger partial charge on any atom is 0.0136 e. The van der Waals surface area contributed by atoms with E-state index < -0.39 is 0 Å². The predicted octanol–water partition coefficient (Wildman–Crippen LogP) is 2.50. The second-order valence-electron chi connectivity index (χ2n) is 6.27. The molecule has 0 amide bonds. The van der Waals surface area contributed by atoms with Gasteiger partial charge in [0.1, 0.15) is 0 Å². The van der Waals surface area contributed by atoms with Crippen molar-refractivity contribution >= 4 is 0 Å². The van der Waals surface area contributed by atoms with Crippen LogP contribution in [-0.2, 0) is 0 Å². The van der Waals surface area contributed by atoms with Crippen LogP contribution in [0.2, 0.25) is 0 Å². The molecule has 0 aromatic rings. The molecule has 96 valence electrons. The van der Waals surface area contributed by atoms with E-state index in [0.717, 1.165) is 24.9 Å². The fourth-order valence-electron chi connectivity index (χ4n) is 3.16. The Bertz CT molecular complexity index is 181. The van der Waals surface area contributed by atoms with E-state index in [4.69, 9.17) is 0 Å². The third-order valence-corrected chi connectivity index (χ3v) is 3.92. The highest BCUT2D eigenvalue weighted by Gasteiger charge is 2.36. The van der Waals surface area contributed by atoms with Crippen molar-refractivity contribution in [3.63, 3.8) is 0 Å². The fraction of sp³-hybridized carbons (Fsp3) is 1.00. The summed E-state index contributed by atoms with van der Waals surface area (Å²) in [5.74, 6) is 2.91. The van der Waals surface area contributed by atoms with Crippen molar-refractivity contribution in [2.45, 2.75) is 53.6 Å². The average Bonchev–Trinajstić information content (AvgIpc) is 2.38. The number of rotatable bonds is 3. The minimum Gasteiger partial charge on any atom is -0.312 e. The molecule has 2 N–H and O–H groups in total. The van der Waals surface area contributed by atoms with Crippen LogP contribution in [0.4, 0.5) is 0 Å². The molecule has 2 heteroatoms. The van der Waals surface area contributed by atoms with Crippen molar-refractivity contribution in [2.75, 3.05) is 13.1 Å². The number of hydrogen-bond donors (Lipinski definition) is 2. The van der Waals surface area contributed by atoms with Crippen LogP contribution in [-0.4, -0.2) is 25.2 Å². The average molecular weight is 226 g/mol. The van der Waals surface area contributed by atoms with Crippen molar-refractivity contribution in [3.05, 3.63) is 0 Å². The van der Waals surface area contributed by atoms with Crippen LogP contribution in [0.1, 0.15) is 41.5 Å². The van der Waals surface area contributed by atoms with Gasteiger partial charge in [0.2, 0.25) is 0 Å². The Kier molecular flexibility index (Phi) is 5.26. The Morgan fingerprint density at radius 1 is 0.688 bits per heavy atom. The van der Waals surface area contributed by atoms with Gasteiger partial charge >= 0.3 is 0 Å². The zero-order valence-electron chi connectivity index (χ0n) is 11.9. The molecule has 0 radical (unpaired) electrons. The van der Waals surface area contributed by atoms with E-state index in [1.807, 2.05) is 0 Å². The lowest BCUT2D eigenvalue weighted by molar-refractivity contribution is 0.166. The van der Waals surface area contributed by atoms with Crippen molar-refractivity contribution < 1.29 is 0 Å². The molecule has 1 saturated heterocycles. The maximum absolute atomic E-state index is 3.73. The third kappa shape index (κ3) is 3.21. The van der Waals surface area contributed by atoms with Gasteiger partial charge in [0.15, 0.2) is 0 Å². The van der Waals surface area contributed by atoms with E-state index in [1.165, 1.54) is 0 Å². The summed E-state index contributed by atoms with van der Waals surface area (Å²) in [6, 6.07) is 1.31. The summed E-state index contributed by atoms with van der Waals surface area (Å²) in [6.07, 6.45) is 0. The van der Waals surface area contributed by atoms with Gasteiger partial charge in [0.25, 0.3) is 0 Å². The first-order valence-corrected chi connectivity index (χ1v) is 6.92. The largest absolute Gasteiger partial charge is 0.312 e. The molecule has 1 aliphatic heterocycles. The van der Waals surface area contributed by atoms with Crippen LogP contribution in [0, 0.1) is 23.7 Å². The van der Waals surface area contributed by atoms with Crippen molar-refractivity contribution in [1.29, 1.82) is 0 Å². The second kappa shape index (κ2) is 6.02.